The van der Waals surface area contributed by atoms with Gasteiger partial charge in [0, 0.05) is 49.7 Å². The fraction of sp³-hybridized carbons (Fsp3) is 0.381. The maximum Gasteiger partial charge on any atom is 0.192 e. The van der Waals surface area contributed by atoms with Gasteiger partial charge in [0.1, 0.15) is 8.07 Å². The Balaban J connectivity index is 1.81. The van der Waals surface area contributed by atoms with Gasteiger partial charge < -0.3 is 9.80 Å². The van der Waals surface area contributed by atoms with Crippen molar-refractivity contribution in [2.24, 2.45) is 0 Å². The number of fused-ring (bicyclic) bond motifs is 5. The van der Waals surface area contributed by atoms with Crippen molar-refractivity contribution in [1.82, 2.24) is 0 Å². The normalized spacial score (nSPS) is 19.6. The van der Waals surface area contributed by atoms with Crippen molar-refractivity contribution in [1.29, 1.82) is 0 Å². The number of carbonyl (C=O) groups excluding carboxylic acids is 1. The quantitative estimate of drug-likeness (QED) is 0.681. The summed E-state index contributed by atoms with van der Waals surface area (Å²) in [5, 5.41) is 2.73. The van der Waals surface area contributed by atoms with Crippen LogP contribution in [0.15, 0.2) is 24.3 Å². The van der Waals surface area contributed by atoms with E-state index in [0.717, 1.165) is 37.1 Å². The minimum atomic E-state index is -1.91. The molecular weight excluding hydrogens is 324 g/mol. The van der Waals surface area contributed by atoms with Crippen LogP contribution in [0.5, 0.6) is 0 Å². The SMILES string of the molecule is CN1CCc2cc3c(cc21)[Si](C)(C)c1c(ccc2c1CCN2C)C3=O. The van der Waals surface area contributed by atoms with Gasteiger partial charge in [-0.25, -0.2) is 0 Å². The zero-order valence-corrected chi connectivity index (χ0v) is 16.4. The van der Waals surface area contributed by atoms with Crippen molar-refractivity contribution in [2.75, 3.05) is 37.0 Å². The van der Waals surface area contributed by atoms with E-state index >= 15 is 0 Å². The highest BCUT2D eigenvalue weighted by Crippen LogP contribution is 2.34. The molecule has 3 aliphatic rings. The molecule has 5 rings (SSSR count). The van der Waals surface area contributed by atoms with E-state index < -0.39 is 8.07 Å². The Bertz CT molecular complexity index is 943. The Kier molecular flexibility index (Phi) is 2.89. The molecule has 0 atom stereocenters. The largest absolute Gasteiger partial charge is 0.374 e. The highest BCUT2D eigenvalue weighted by molar-refractivity contribution is 7.03. The number of anilines is 2. The highest BCUT2D eigenvalue weighted by Gasteiger charge is 2.42. The van der Waals surface area contributed by atoms with Crippen LogP contribution in [0.4, 0.5) is 11.4 Å². The molecule has 0 fully saturated rings. The van der Waals surface area contributed by atoms with Gasteiger partial charge in [-0.1, -0.05) is 13.1 Å². The van der Waals surface area contributed by atoms with E-state index in [1.54, 1.807) is 0 Å². The fourth-order valence-corrected chi connectivity index (χ4v) is 8.64. The molecule has 3 heterocycles. The Labute approximate surface area is 150 Å². The van der Waals surface area contributed by atoms with E-state index in [2.05, 4.69) is 61.3 Å². The number of rotatable bonds is 0. The molecule has 0 aromatic heterocycles. The van der Waals surface area contributed by atoms with Crippen molar-refractivity contribution >= 4 is 35.6 Å². The number of benzene rings is 2. The first-order chi connectivity index (χ1) is 11.9. The van der Waals surface area contributed by atoms with Crippen molar-refractivity contribution < 1.29 is 4.79 Å². The van der Waals surface area contributed by atoms with Crippen molar-refractivity contribution in [3.05, 3.63) is 46.5 Å². The molecule has 0 radical (unpaired) electrons. The van der Waals surface area contributed by atoms with Gasteiger partial charge >= 0.3 is 0 Å². The predicted molar refractivity (Wildman–Crippen MR) is 107 cm³/mol. The van der Waals surface area contributed by atoms with Gasteiger partial charge in [-0.05, 0) is 58.6 Å². The van der Waals surface area contributed by atoms with Gasteiger partial charge in [0.15, 0.2) is 5.78 Å². The first-order valence-corrected chi connectivity index (χ1v) is 12.2. The number of ketones is 1. The Hall–Kier alpha value is -2.07. The summed E-state index contributed by atoms with van der Waals surface area (Å²) < 4.78 is 0. The summed E-state index contributed by atoms with van der Waals surface area (Å²) in [4.78, 5) is 18.0. The standard InChI is InChI=1S/C21H24N2OSi/c1-22-10-8-14-17(22)6-5-15-20(24)16-11-13-7-9-23(2)18(13)12-19(16)25(3,4)21(14)15/h5-6,11-12H,7-10H2,1-4H3. The molecule has 0 bridgehead atoms. The topological polar surface area (TPSA) is 23.6 Å². The summed E-state index contributed by atoms with van der Waals surface area (Å²) in [5.41, 5.74) is 7.39. The molecule has 3 aliphatic heterocycles. The van der Waals surface area contributed by atoms with Crippen molar-refractivity contribution in [3.63, 3.8) is 0 Å². The van der Waals surface area contributed by atoms with Crippen LogP contribution >= 0.6 is 0 Å². The van der Waals surface area contributed by atoms with Crippen LogP contribution in [0.1, 0.15) is 27.0 Å². The lowest BCUT2D eigenvalue weighted by molar-refractivity contribution is 0.104. The summed E-state index contributed by atoms with van der Waals surface area (Å²) in [6.07, 6.45) is 2.12. The summed E-state index contributed by atoms with van der Waals surface area (Å²) in [6, 6.07) is 8.81. The molecule has 4 heteroatoms. The van der Waals surface area contributed by atoms with Crippen molar-refractivity contribution in [2.45, 2.75) is 25.9 Å². The van der Waals surface area contributed by atoms with Crippen molar-refractivity contribution in [3.8, 4) is 0 Å². The van der Waals surface area contributed by atoms with Gasteiger partial charge in [0.25, 0.3) is 0 Å². The number of carbonyl (C=O) groups is 1. The number of hydrogen-bond acceptors (Lipinski definition) is 3. The minimum Gasteiger partial charge on any atom is -0.374 e. The first-order valence-electron chi connectivity index (χ1n) is 9.20. The first kappa shape index (κ1) is 15.2. The highest BCUT2D eigenvalue weighted by atomic mass is 28.3. The van der Waals surface area contributed by atoms with Gasteiger partial charge in [0.05, 0.1) is 0 Å². The lowest BCUT2D eigenvalue weighted by Gasteiger charge is -2.35. The third-order valence-electron chi connectivity index (χ3n) is 6.53. The molecule has 0 aliphatic carbocycles. The van der Waals surface area contributed by atoms with Gasteiger partial charge in [0.2, 0.25) is 0 Å². The number of hydrogen-bond donors (Lipinski definition) is 0. The monoisotopic (exact) mass is 348 g/mol. The Morgan fingerprint density at radius 3 is 2.44 bits per heavy atom. The Morgan fingerprint density at radius 1 is 0.920 bits per heavy atom. The summed E-state index contributed by atoms with van der Waals surface area (Å²) in [6.45, 7) is 6.97. The minimum absolute atomic E-state index is 0.242. The number of likely N-dealkylation sites (N-methyl/N-ethyl adjacent to an activating group) is 2. The van der Waals surface area contributed by atoms with E-state index in [-0.39, 0.29) is 5.78 Å². The Morgan fingerprint density at radius 2 is 1.64 bits per heavy atom. The average molecular weight is 349 g/mol. The van der Waals surface area contributed by atoms with Crippen LogP contribution in [0, 0.1) is 0 Å². The van der Waals surface area contributed by atoms with Crippen LogP contribution in [-0.4, -0.2) is 41.0 Å². The van der Waals surface area contributed by atoms with Gasteiger partial charge in [-0.15, -0.1) is 0 Å². The third kappa shape index (κ3) is 1.83. The van der Waals surface area contributed by atoms with Crippen LogP contribution in [0.3, 0.4) is 0 Å². The molecular formula is C21H24N2OSi. The molecule has 0 amide bonds. The average Bonchev–Trinajstić information content (AvgIpc) is 3.14. The van der Waals surface area contributed by atoms with Crippen LogP contribution in [-0.2, 0) is 12.8 Å². The lowest BCUT2D eigenvalue weighted by atomic mass is 9.97. The molecule has 3 nitrogen and oxygen atoms in total. The third-order valence-corrected chi connectivity index (χ3v) is 10.1. The predicted octanol–water partition coefficient (Wildman–Crippen LogP) is 2.04. The molecule has 2 aromatic rings. The molecule has 0 N–H and O–H groups in total. The maximum absolute atomic E-state index is 13.4. The van der Waals surface area contributed by atoms with Gasteiger partial charge in [-0.2, -0.15) is 0 Å². The molecule has 0 saturated carbocycles. The van der Waals surface area contributed by atoms with E-state index in [1.807, 2.05) is 0 Å². The second-order valence-corrected chi connectivity index (χ2v) is 12.6. The molecule has 128 valence electrons. The zero-order valence-electron chi connectivity index (χ0n) is 15.4. The zero-order chi connectivity index (χ0) is 17.5. The summed E-state index contributed by atoms with van der Waals surface area (Å²) in [5.74, 6) is 0.242. The molecule has 2 aromatic carbocycles. The molecule has 0 saturated heterocycles. The second kappa shape index (κ2) is 4.76. The number of nitrogens with zero attached hydrogens (tertiary/aromatic N) is 2. The van der Waals surface area contributed by atoms with Crippen LogP contribution < -0.4 is 20.2 Å². The van der Waals surface area contributed by atoms with E-state index in [0.29, 0.717) is 0 Å². The van der Waals surface area contributed by atoms with E-state index in [1.165, 1.54) is 32.9 Å². The lowest BCUT2D eigenvalue weighted by Crippen LogP contribution is -2.61. The molecule has 0 spiro atoms. The fourth-order valence-electron chi connectivity index (χ4n) is 5.13. The smallest absolute Gasteiger partial charge is 0.192 e. The second-order valence-electron chi connectivity index (χ2n) is 8.31. The van der Waals surface area contributed by atoms with Crippen LogP contribution in [0.25, 0.3) is 0 Å². The summed E-state index contributed by atoms with van der Waals surface area (Å²) in [7, 11) is 2.42. The summed E-state index contributed by atoms with van der Waals surface area (Å²) >= 11 is 0. The van der Waals surface area contributed by atoms with Gasteiger partial charge in [-0.3, -0.25) is 4.79 Å². The van der Waals surface area contributed by atoms with E-state index in [9.17, 15) is 4.79 Å². The maximum atomic E-state index is 13.4. The molecule has 0 unspecified atom stereocenters. The van der Waals surface area contributed by atoms with E-state index in [4.69, 9.17) is 0 Å². The molecule has 25 heavy (non-hydrogen) atoms. The van der Waals surface area contributed by atoms with Crippen LogP contribution in [0.2, 0.25) is 13.1 Å².